The number of aliphatic carboxylic acids is 1. The highest BCUT2D eigenvalue weighted by Crippen LogP contribution is 2.19. The topological polar surface area (TPSA) is 86.3 Å². The third-order valence-electron chi connectivity index (χ3n) is 3.50. The van der Waals surface area contributed by atoms with E-state index in [2.05, 4.69) is 17.1 Å². The highest BCUT2D eigenvalue weighted by Gasteiger charge is 2.28. The summed E-state index contributed by atoms with van der Waals surface area (Å²) in [5.74, 6) is -1.20. The number of rotatable bonds is 4. The Balaban J connectivity index is 1.95. The molecule has 2 N–H and O–H groups in total. The van der Waals surface area contributed by atoms with Crippen molar-refractivity contribution >= 4 is 11.9 Å². The van der Waals surface area contributed by atoms with Gasteiger partial charge in [0.15, 0.2) is 0 Å². The fraction of sp³-hybridized carbons (Fsp3) is 0.615. The van der Waals surface area contributed by atoms with Gasteiger partial charge in [0.25, 0.3) is 5.91 Å². The Morgan fingerprint density at radius 1 is 1.47 bits per heavy atom. The number of aromatic nitrogens is 2. The monoisotopic (exact) mass is 265 g/mol. The van der Waals surface area contributed by atoms with Gasteiger partial charge in [-0.3, -0.25) is 14.7 Å². The van der Waals surface area contributed by atoms with Gasteiger partial charge >= 0.3 is 5.97 Å². The summed E-state index contributed by atoms with van der Waals surface area (Å²) in [4.78, 5) is 24.7. The fourth-order valence-electron chi connectivity index (χ4n) is 2.36. The number of hydrogen-bond acceptors (Lipinski definition) is 3. The number of nitrogens with zero attached hydrogens (tertiary/aromatic N) is 2. The summed E-state index contributed by atoms with van der Waals surface area (Å²) in [6.07, 6.45) is 2.92. The Hall–Kier alpha value is -1.85. The standard InChI is InChI=1S/C13H19N3O3/c1-2-3-10-8-11(15-14-10)12(17)16-6-4-9(5-7-16)13(18)19/h8-9H,2-7H2,1H3,(H,14,15)(H,18,19). The van der Waals surface area contributed by atoms with Crippen LogP contribution in [0.1, 0.15) is 42.4 Å². The van der Waals surface area contributed by atoms with E-state index in [1.165, 1.54) is 0 Å². The van der Waals surface area contributed by atoms with Crippen molar-refractivity contribution in [1.29, 1.82) is 0 Å². The minimum atomic E-state index is -0.767. The zero-order chi connectivity index (χ0) is 13.8. The Morgan fingerprint density at radius 2 is 2.16 bits per heavy atom. The van der Waals surface area contributed by atoms with E-state index in [0.717, 1.165) is 18.5 Å². The van der Waals surface area contributed by atoms with E-state index in [9.17, 15) is 9.59 Å². The van der Waals surface area contributed by atoms with E-state index < -0.39 is 5.97 Å². The van der Waals surface area contributed by atoms with E-state index in [0.29, 0.717) is 31.6 Å². The number of aryl methyl sites for hydroxylation is 1. The van der Waals surface area contributed by atoms with Gasteiger partial charge in [-0.15, -0.1) is 0 Å². The first kappa shape index (κ1) is 13.6. The molecule has 0 atom stereocenters. The van der Waals surface area contributed by atoms with E-state index in [1.807, 2.05) is 0 Å². The number of carbonyl (C=O) groups excluding carboxylic acids is 1. The quantitative estimate of drug-likeness (QED) is 0.859. The van der Waals surface area contributed by atoms with Gasteiger partial charge < -0.3 is 10.0 Å². The number of carbonyl (C=O) groups is 2. The summed E-state index contributed by atoms with van der Waals surface area (Å²) in [6, 6.07) is 1.79. The predicted molar refractivity (Wildman–Crippen MR) is 68.8 cm³/mol. The van der Waals surface area contributed by atoms with Crippen molar-refractivity contribution in [2.45, 2.75) is 32.6 Å². The largest absolute Gasteiger partial charge is 0.481 e. The van der Waals surface area contributed by atoms with Crippen LogP contribution < -0.4 is 0 Å². The first-order chi connectivity index (χ1) is 9.11. The average Bonchev–Trinajstić information content (AvgIpc) is 2.87. The highest BCUT2D eigenvalue weighted by atomic mass is 16.4. The smallest absolute Gasteiger partial charge is 0.306 e. The van der Waals surface area contributed by atoms with Gasteiger partial charge in [0.1, 0.15) is 5.69 Å². The number of carboxylic acid groups (broad SMARTS) is 1. The molecular formula is C13H19N3O3. The lowest BCUT2D eigenvalue weighted by atomic mass is 9.97. The summed E-state index contributed by atoms with van der Waals surface area (Å²) in [5, 5.41) is 15.8. The van der Waals surface area contributed by atoms with Crippen molar-refractivity contribution in [2.75, 3.05) is 13.1 Å². The maximum atomic E-state index is 12.2. The van der Waals surface area contributed by atoms with Crippen molar-refractivity contribution in [3.05, 3.63) is 17.5 Å². The Kier molecular flexibility index (Phi) is 4.19. The van der Waals surface area contributed by atoms with Gasteiger partial charge in [-0.1, -0.05) is 13.3 Å². The molecule has 1 amide bonds. The van der Waals surface area contributed by atoms with Crippen molar-refractivity contribution in [3.63, 3.8) is 0 Å². The second-order valence-electron chi connectivity index (χ2n) is 4.93. The number of amides is 1. The summed E-state index contributed by atoms with van der Waals surface area (Å²) >= 11 is 0. The van der Waals surface area contributed by atoms with Crippen LogP contribution in [-0.4, -0.2) is 45.2 Å². The third-order valence-corrected chi connectivity index (χ3v) is 3.50. The summed E-state index contributed by atoms with van der Waals surface area (Å²) < 4.78 is 0. The molecule has 1 saturated heterocycles. The van der Waals surface area contributed by atoms with Gasteiger partial charge in [-0.25, -0.2) is 0 Å². The molecule has 1 aliphatic heterocycles. The molecule has 104 valence electrons. The van der Waals surface area contributed by atoms with Crippen LogP contribution in [0.2, 0.25) is 0 Å². The maximum Gasteiger partial charge on any atom is 0.306 e. The van der Waals surface area contributed by atoms with E-state index >= 15 is 0 Å². The number of hydrogen-bond donors (Lipinski definition) is 2. The van der Waals surface area contributed by atoms with Crippen LogP contribution in [0.25, 0.3) is 0 Å². The van der Waals surface area contributed by atoms with Crippen LogP contribution >= 0.6 is 0 Å². The number of nitrogens with one attached hydrogen (secondary N) is 1. The van der Waals surface area contributed by atoms with Crippen molar-refractivity contribution < 1.29 is 14.7 Å². The first-order valence-corrected chi connectivity index (χ1v) is 6.68. The zero-order valence-corrected chi connectivity index (χ0v) is 11.1. The highest BCUT2D eigenvalue weighted by molar-refractivity contribution is 5.92. The van der Waals surface area contributed by atoms with Gasteiger partial charge in [-0.2, -0.15) is 5.10 Å². The van der Waals surface area contributed by atoms with Crippen LogP contribution in [0.5, 0.6) is 0 Å². The number of H-pyrrole nitrogens is 1. The van der Waals surface area contributed by atoms with Gasteiger partial charge in [0.05, 0.1) is 5.92 Å². The molecule has 0 saturated carbocycles. The molecule has 0 aromatic carbocycles. The lowest BCUT2D eigenvalue weighted by Gasteiger charge is -2.29. The molecule has 2 heterocycles. The summed E-state index contributed by atoms with van der Waals surface area (Å²) in [7, 11) is 0. The summed E-state index contributed by atoms with van der Waals surface area (Å²) in [6.45, 7) is 3.05. The molecule has 2 rings (SSSR count). The molecule has 0 bridgehead atoms. The number of piperidine rings is 1. The van der Waals surface area contributed by atoms with Gasteiger partial charge in [-0.05, 0) is 25.3 Å². The molecule has 19 heavy (non-hydrogen) atoms. The second-order valence-corrected chi connectivity index (χ2v) is 4.93. The number of likely N-dealkylation sites (tertiary alicyclic amines) is 1. The van der Waals surface area contributed by atoms with Crippen molar-refractivity contribution in [2.24, 2.45) is 5.92 Å². The second kappa shape index (κ2) is 5.86. The van der Waals surface area contributed by atoms with Crippen molar-refractivity contribution in [1.82, 2.24) is 15.1 Å². The molecular weight excluding hydrogens is 246 g/mol. The minimum absolute atomic E-state index is 0.109. The molecule has 0 spiro atoms. The molecule has 0 unspecified atom stereocenters. The van der Waals surface area contributed by atoms with E-state index in [1.54, 1.807) is 11.0 Å². The van der Waals surface area contributed by atoms with Gasteiger partial charge in [0.2, 0.25) is 0 Å². The molecule has 1 fully saturated rings. The zero-order valence-electron chi connectivity index (χ0n) is 11.1. The van der Waals surface area contributed by atoms with Crippen LogP contribution in [0.3, 0.4) is 0 Å². The molecule has 1 aromatic heterocycles. The van der Waals surface area contributed by atoms with E-state index in [-0.39, 0.29) is 11.8 Å². The minimum Gasteiger partial charge on any atom is -0.481 e. The number of aromatic amines is 1. The van der Waals surface area contributed by atoms with Crippen LogP contribution in [0.15, 0.2) is 6.07 Å². The molecule has 6 heteroatoms. The van der Waals surface area contributed by atoms with E-state index in [4.69, 9.17) is 5.11 Å². The Bertz CT molecular complexity index is 461. The Morgan fingerprint density at radius 3 is 2.74 bits per heavy atom. The third kappa shape index (κ3) is 3.13. The van der Waals surface area contributed by atoms with Crippen LogP contribution in [0.4, 0.5) is 0 Å². The van der Waals surface area contributed by atoms with Crippen LogP contribution in [-0.2, 0) is 11.2 Å². The SMILES string of the molecule is CCCc1cc(C(=O)N2CCC(C(=O)O)CC2)n[nH]1. The molecule has 1 aliphatic rings. The average molecular weight is 265 g/mol. The van der Waals surface area contributed by atoms with Crippen LogP contribution in [0, 0.1) is 5.92 Å². The molecule has 0 radical (unpaired) electrons. The molecule has 0 aliphatic carbocycles. The first-order valence-electron chi connectivity index (χ1n) is 6.68. The lowest BCUT2D eigenvalue weighted by molar-refractivity contribution is -0.143. The maximum absolute atomic E-state index is 12.2. The van der Waals surface area contributed by atoms with Gasteiger partial charge in [0, 0.05) is 18.8 Å². The lowest BCUT2D eigenvalue weighted by Crippen LogP contribution is -2.40. The fourth-order valence-corrected chi connectivity index (χ4v) is 2.36. The predicted octanol–water partition coefficient (Wildman–Crippen LogP) is 1.30. The molecule has 1 aromatic rings. The van der Waals surface area contributed by atoms with Crippen molar-refractivity contribution in [3.8, 4) is 0 Å². The molecule has 6 nitrogen and oxygen atoms in total. The normalized spacial score (nSPS) is 16.6. The Labute approximate surface area is 111 Å². The number of carboxylic acids is 1. The summed E-state index contributed by atoms with van der Waals surface area (Å²) in [5.41, 5.74) is 1.39.